The summed E-state index contributed by atoms with van der Waals surface area (Å²) >= 11 is 1.65. The van der Waals surface area contributed by atoms with Gasteiger partial charge in [0.2, 0.25) is 5.91 Å². The minimum atomic E-state index is -4.32. The highest BCUT2D eigenvalue weighted by atomic mass is 32.1. The molecule has 3 fully saturated rings. The van der Waals surface area contributed by atoms with Crippen molar-refractivity contribution in [1.29, 1.82) is 0 Å². The number of pyridine rings is 1. The van der Waals surface area contributed by atoms with Crippen LogP contribution in [0.3, 0.4) is 0 Å². The zero-order chi connectivity index (χ0) is 28.5. The van der Waals surface area contributed by atoms with Gasteiger partial charge >= 0.3 is 6.18 Å². The first-order chi connectivity index (χ1) is 19.0. The van der Waals surface area contributed by atoms with E-state index < -0.39 is 23.6 Å². The number of alkyl halides is 5. The van der Waals surface area contributed by atoms with E-state index >= 15 is 0 Å². The number of halogens is 5. The number of hydrogen-bond donors (Lipinski definition) is 0. The van der Waals surface area contributed by atoms with Gasteiger partial charge in [-0.3, -0.25) is 19.7 Å². The lowest BCUT2D eigenvalue weighted by molar-refractivity contribution is -0.146. The number of aromatic nitrogens is 2. The molecule has 1 aromatic carbocycles. The summed E-state index contributed by atoms with van der Waals surface area (Å²) in [4.78, 5) is 25.6. The number of ether oxygens (including phenoxy) is 1. The average molecular weight is 581 g/mol. The number of methoxy groups -OCH3 is 1. The summed E-state index contributed by atoms with van der Waals surface area (Å²) in [7, 11) is 1.56. The summed E-state index contributed by atoms with van der Waals surface area (Å²) in [6.07, 6.45) is -1.63. The van der Waals surface area contributed by atoms with E-state index in [4.69, 9.17) is 4.74 Å². The largest absolute Gasteiger partial charge is 0.416 e. The van der Waals surface area contributed by atoms with Crippen molar-refractivity contribution in [2.45, 2.75) is 38.1 Å². The van der Waals surface area contributed by atoms with Gasteiger partial charge in [-0.05, 0) is 37.2 Å². The lowest BCUT2D eigenvalue weighted by atomic mass is 9.79. The second-order valence-corrected chi connectivity index (χ2v) is 11.6. The third kappa shape index (κ3) is 6.50. The highest BCUT2D eigenvalue weighted by molar-refractivity contribution is 7.09. The van der Waals surface area contributed by atoms with Crippen molar-refractivity contribution < 1.29 is 31.5 Å². The van der Waals surface area contributed by atoms with Crippen molar-refractivity contribution in [3.63, 3.8) is 0 Å². The van der Waals surface area contributed by atoms with Crippen LogP contribution in [0.25, 0.3) is 11.3 Å². The molecule has 2 aliphatic heterocycles. The highest BCUT2D eigenvalue weighted by Crippen LogP contribution is 2.51. The van der Waals surface area contributed by atoms with Crippen molar-refractivity contribution in [2.75, 3.05) is 33.3 Å². The van der Waals surface area contributed by atoms with Crippen LogP contribution in [0.1, 0.15) is 29.0 Å². The molecule has 1 atom stereocenters. The Bertz CT molecular complexity index is 1310. The van der Waals surface area contributed by atoms with Gasteiger partial charge in [-0.15, -0.1) is 11.3 Å². The van der Waals surface area contributed by atoms with Crippen molar-refractivity contribution >= 4 is 17.2 Å². The summed E-state index contributed by atoms with van der Waals surface area (Å²) in [5.41, 5.74) is 3.32. The maximum atomic E-state index is 12.9. The van der Waals surface area contributed by atoms with E-state index in [0.717, 1.165) is 43.9 Å². The number of rotatable bonds is 6. The molecule has 1 aliphatic carbocycles. The Morgan fingerprint density at radius 1 is 1.12 bits per heavy atom. The Labute approximate surface area is 232 Å². The van der Waals surface area contributed by atoms with Crippen molar-refractivity contribution in [1.82, 2.24) is 19.8 Å². The molecule has 3 aromatic rings. The molecule has 0 radical (unpaired) electrons. The Morgan fingerprint density at radius 2 is 1.85 bits per heavy atom. The van der Waals surface area contributed by atoms with Crippen LogP contribution in [0, 0.1) is 11.3 Å². The number of amides is 1. The van der Waals surface area contributed by atoms with Gasteiger partial charge in [0.1, 0.15) is 5.92 Å². The van der Waals surface area contributed by atoms with Crippen LogP contribution in [-0.2, 0) is 28.9 Å². The van der Waals surface area contributed by atoms with E-state index in [-0.39, 0.29) is 17.7 Å². The second kappa shape index (κ2) is 11.1. The smallest absolute Gasteiger partial charge is 0.378 e. The predicted molar refractivity (Wildman–Crippen MR) is 139 cm³/mol. The molecule has 4 heterocycles. The molecule has 0 N–H and O–H groups in total. The Kier molecular flexibility index (Phi) is 7.95. The third-order valence-corrected chi connectivity index (χ3v) is 8.24. The fourth-order valence-electron chi connectivity index (χ4n) is 5.28. The van der Waals surface area contributed by atoms with Crippen LogP contribution in [0.4, 0.5) is 22.0 Å². The number of likely N-dealkylation sites (tertiary alicyclic amines) is 2. The Hall–Kier alpha value is -2.96. The minimum absolute atomic E-state index is 0.143. The van der Waals surface area contributed by atoms with Gasteiger partial charge in [0.25, 0.3) is 5.92 Å². The first-order valence-electron chi connectivity index (χ1n) is 12.9. The molecule has 2 saturated heterocycles. The molecule has 214 valence electrons. The monoisotopic (exact) mass is 580 g/mol. The highest BCUT2D eigenvalue weighted by Gasteiger charge is 2.64. The number of benzene rings is 1. The molecule has 6 nitrogen and oxygen atoms in total. The van der Waals surface area contributed by atoms with E-state index in [1.807, 2.05) is 11.7 Å². The third-order valence-electron chi connectivity index (χ3n) is 7.48. The number of carbonyl (C=O) groups is 1. The van der Waals surface area contributed by atoms with E-state index in [2.05, 4.69) is 14.9 Å². The van der Waals surface area contributed by atoms with Crippen molar-refractivity contribution in [2.24, 2.45) is 11.3 Å². The van der Waals surface area contributed by atoms with Gasteiger partial charge in [0.15, 0.2) is 0 Å². The number of nitrogens with zero attached hydrogens (tertiary/aromatic N) is 4. The van der Waals surface area contributed by atoms with Gasteiger partial charge in [0, 0.05) is 61.8 Å². The van der Waals surface area contributed by atoms with E-state index in [0.29, 0.717) is 31.0 Å². The summed E-state index contributed by atoms with van der Waals surface area (Å²) in [5.74, 6) is -4.12. The van der Waals surface area contributed by atoms with Crippen LogP contribution in [-0.4, -0.2) is 64.9 Å². The van der Waals surface area contributed by atoms with Crippen molar-refractivity contribution in [3.05, 3.63) is 70.3 Å². The van der Waals surface area contributed by atoms with Gasteiger partial charge in [-0.1, -0.05) is 18.2 Å². The van der Waals surface area contributed by atoms with Crippen LogP contribution < -0.4 is 0 Å². The summed E-state index contributed by atoms with van der Waals surface area (Å²) in [6.45, 7) is 4.54. The Morgan fingerprint density at radius 3 is 2.45 bits per heavy atom. The Balaban J connectivity index is 0.000000162. The van der Waals surface area contributed by atoms with Crippen LogP contribution in [0.2, 0.25) is 0 Å². The summed E-state index contributed by atoms with van der Waals surface area (Å²) < 4.78 is 68.2. The summed E-state index contributed by atoms with van der Waals surface area (Å²) in [6, 6.07) is 10.3. The first kappa shape index (κ1) is 28.6. The molecule has 2 aromatic heterocycles. The summed E-state index contributed by atoms with van der Waals surface area (Å²) in [5, 5.41) is 0. The topological polar surface area (TPSA) is 58.6 Å². The molecular weight excluding hydrogens is 551 g/mol. The molecule has 3 aliphatic rings. The van der Waals surface area contributed by atoms with Gasteiger partial charge in [-0.2, -0.15) is 13.2 Å². The molecule has 1 unspecified atom stereocenters. The zero-order valence-electron chi connectivity index (χ0n) is 21.8. The van der Waals surface area contributed by atoms with Crippen LogP contribution >= 0.6 is 11.3 Å². The van der Waals surface area contributed by atoms with Crippen molar-refractivity contribution in [3.8, 4) is 11.3 Å². The molecule has 6 rings (SSSR count). The standard InChI is InChI=1S/C14H12F3NO.C14H17F2N3OS/c1-19-9-12-3-2-4-13(18-12)10-5-7-11(8-6-10)14(15,16)17;15-14(16)3-11(14)12(20)19-7-13(8-19)1-2-18(6-13)5-10-4-17-9-21-10/h2-8H,9H2,1H3;4,9,11H,1-3,5-8H2. The molecule has 40 heavy (non-hydrogen) atoms. The molecule has 0 bridgehead atoms. The van der Waals surface area contributed by atoms with Gasteiger partial charge < -0.3 is 9.64 Å². The normalized spacial score (nSPS) is 21.1. The number of carbonyl (C=O) groups excluding carboxylic acids is 1. The predicted octanol–water partition coefficient (Wildman–Crippen LogP) is 5.75. The SMILES string of the molecule is COCc1cccc(-c2ccc(C(F)(F)F)cc2)n1.O=C(C1CC1(F)F)N1CC2(CCN(Cc3cncs3)C2)C1. The number of hydrogen-bond acceptors (Lipinski definition) is 6. The molecule has 1 spiro atoms. The van der Waals surface area contributed by atoms with Gasteiger partial charge in [-0.25, -0.2) is 8.78 Å². The van der Waals surface area contributed by atoms with E-state index in [1.165, 1.54) is 17.0 Å². The molecule has 12 heteroatoms. The second-order valence-electron chi connectivity index (χ2n) is 10.7. The molecule has 1 saturated carbocycles. The quantitative estimate of drug-likeness (QED) is 0.348. The maximum absolute atomic E-state index is 12.9. The van der Waals surface area contributed by atoms with Gasteiger partial charge in [0.05, 0.1) is 29.1 Å². The minimum Gasteiger partial charge on any atom is -0.378 e. The van der Waals surface area contributed by atoms with Crippen LogP contribution in [0.15, 0.2) is 54.2 Å². The first-order valence-corrected chi connectivity index (χ1v) is 13.7. The fourth-order valence-corrected chi connectivity index (χ4v) is 5.92. The van der Waals surface area contributed by atoms with E-state index in [1.54, 1.807) is 41.5 Å². The molecular formula is C28H29F5N4O2S. The molecule has 1 amide bonds. The van der Waals surface area contributed by atoms with Crippen LogP contribution in [0.5, 0.6) is 0 Å². The lowest BCUT2D eigenvalue weighted by Gasteiger charge is -2.48. The lowest BCUT2D eigenvalue weighted by Crippen LogP contribution is -2.60. The fraction of sp³-hybridized carbons (Fsp3) is 0.464. The van der Waals surface area contributed by atoms with E-state index in [9.17, 15) is 26.7 Å². The number of thiazole rings is 1. The average Bonchev–Trinajstić information content (AvgIpc) is 3.24. The zero-order valence-corrected chi connectivity index (χ0v) is 22.7. The maximum Gasteiger partial charge on any atom is 0.416 e.